The Labute approximate surface area is 155 Å². The lowest BCUT2D eigenvalue weighted by Gasteiger charge is -2.39. The van der Waals surface area contributed by atoms with Crippen LogP contribution >= 0.6 is 0 Å². The largest absolute Gasteiger partial charge is 0.494 e. The number of urea groups is 1. The summed E-state index contributed by atoms with van der Waals surface area (Å²) in [5.74, 6) is -0.575. The zero-order valence-electron chi connectivity index (χ0n) is 15.0. The van der Waals surface area contributed by atoms with Crippen molar-refractivity contribution >= 4 is 23.5 Å². The van der Waals surface area contributed by atoms with Gasteiger partial charge >= 0.3 is 6.03 Å². The standard InChI is InChI=1S/C18H21FN4O4/c1-27-15-8-14-10(7-12(15)19)6-11-9-22(4-5-23(11)14)16(24)3-2-13-17(25)21-18(26)20-13/h7-8,11,13H,2-6,9H2,1H3,(H2,20,21,25,26). The molecule has 3 aliphatic heterocycles. The maximum atomic E-state index is 14.0. The van der Waals surface area contributed by atoms with E-state index >= 15 is 0 Å². The van der Waals surface area contributed by atoms with Crippen molar-refractivity contribution in [3.63, 3.8) is 0 Å². The SMILES string of the molecule is COc1cc2c(cc1F)CC1CN(C(=O)CCC3NC(=O)NC3=O)CCN21. The molecule has 0 spiro atoms. The van der Waals surface area contributed by atoms with E-state index in [1.165, 1.54) is 13.2 Å². The average molecular weight is 376 g/mol. The third kappa shape index (κ3) is 3.17. The summed E-state index contributed by atoms with van der Waals surface area (Å²) in [7, 11) is 1.45. The van der Waals surface area contributed by atoms with Crippen LogP contribution in [0.3, 0.4) is 0 Å². The van der Waals surface area contributed by atoms with Gasteiger partial charge in [-0.3, -0.25) is 14.9 Å². The summed E-state index contributed by atoms with van der Waals surface area (Å²) >= 11 is 0. The van der Waals surface area contributed by atoms with E-state index in [0.29, 0.717) is 26.1 Å². The van der Waals surface area contributed by atoms with Crippen LogP contribution in [0.2, 0.25) is 0 Å². The number of nitrogens with zero attached hydrogens (tertiary/aromatic N) is 2. The molecule has 2 atom stereocenters. The first-order valence-corrected chi connectivity index (χ1v) is 8.98. The quantitative estimate of drug-likeness (QED) is 0.743. The molecule has 0 bridgehead atoms. The number of anilines is 1. The zero-order valence-corrected chi connectivity index (χ0v) is 15.0. The van der Waals surface area contributed by atoms with Gasteiger partial charge in [0.05, 0.1) is 13.2 Å². The van der Waals surface area contributed by atoms with E-state index < -0.39 is 12.1 Å². The number of rotatable bonds is 4. The number of hydrogen-bond donors (Lipinski definition) is 2. The second kappa shape index (κ2) is 6.71. The molecule has 2 N–H and O–H groups in total. The van der Waals surface area contributed by atoms with Crippen LogP contribution < -0.4 is 20.3 Å². The third-order valence-corrected chi connectivity index (χ3v) is 5.46. The van der Waals surface area contributed by atoms with Crippen molar-refractivity contribution in [1.29, 1.82) is 0 Å². The second-order valence-electron chi connectivity index (χ2n) is 7.06. The molecule has 0 saturated carbocycles. The first-order valence-electron chi connectivity index (χ1n) is 8.98. The number of carbonyl (C=O) groups excluding carboxylic acids is 3. The lowest BCUT2D eigenvalue weighted by atomic mass is 10.1. The molecule has 3 heterocycles. The lowest BCUT2D eigenvalue weighted by molar-refractivity contribution is -0.132. The fraction of sp³-hybridized carbons (Fsp3) is 0.500. The van der Waals surface area contributed by atoms with E-state index in [2.05, 4.69) is 15.5 Å². The van der Waals surface area contributed by atoms with Crippen LogP contribution in [0, 0.1) is 5.82 Å². The Morgan fingerprint density at radius 2 is 2.15 bits per heavy atom. The van der Waals surface area contributed by atoms with Crippen molar-refractivity contribution in [1.82, 2.24) is 15.5 Å². The van der Waals surface area contributed by atoms with Crippen LogP contribution in [-0.4, -0.2) is 61.6 Å². The van der Waals surface area contributed by atoms with E-state index in [1.54, 1.807) is 11.0 Å². The minimum Gasteiger partial charge on any atom is -0.494 e. The Morgan fingerprint density at radius 3 is 2.85 bits per heavy atom. The molecule has 0 aliphatic carbocycles. The lowest BCUT2D eigenvalue weighted by Crippen LogP contribution is -2.53. The summed E-state index contributed by atoms with van der Waals surface area (Å²) in [6.45, 7) is 1.79. The number of amides is 4. The van der Waals surface area contributed by atoms with E-state index in [-0.39, 0.29) is 42.3 Å². The molecular weight excluding hydrogens is 355 g/mol. The third-order valence-electron chi connectivity index (χ3n) is 5.46. The molecule has 8 nitrogen and oxygen atoms in total. The summed E-state index contributed by atoms with van der Waals surface area (Å²) in [4.78, 5) is 39.2. The molecule has 2 fully saturated rings. The smallest absolute Gasteiger partial charge is 0.322 e. The van der Waals surface area contributed by atoms with Crippen molar-refractivity contribution in [3.05, 3.63) is 23.5 Å². The number of piperazine rings is 1. The van der Waals surface area contributed by atoms with Gasteiger partial charge in [-0.1, -0.05) is 0 Å². The number of carbonyl (C=O) groups is 3. The Bertz CT molecular complexity index is 815. The van der Waals surface area contributed by atoms with Gasteiger partial charge in [0.2, 0.25) is 5.91 Å². The minimum absolute atomic E-state index is 0.0386. The number of hydrogen-bond acceptors (Lipinski definition) is 5. The van der Waals surface area contributed by atoms with Crippen LogP contribution in [-0.2, 0) is 16.0 Å². The van der Waals surface area contributed by atoms with E-state index in [0.717, 1.165) is 11.3 Å². The molecule has 144 valence electrons. The van der Waals surface area contributed by atoms with Gasteiger partial charge in [-0.05, 0) is 24.5 Å². The summed E-state index contributed by atoms with van der Waals surface area (Å²) in [5, 5.41) is 4.66. The van der Waals surface area contributed by atoms with Crippen molar-refractivity contribution in [3.8, 4) is 5.75 Å². The first kappa shape index (κ1) is 17.6. The van der Waals surface area contributed by atoms with E-state index in [4.69, 9.17) is 4.74 Å². The first-order chi connectivity index (χ1) is 13.0. The van der Waals surface area contributed by atoms with E-state index in [1.807, 2.05) is 0 Å². The highest BCUT2D eigenvalue weighted by Gasteiger charge is 2.37. The fourth-order valence-corrected chi connectivity index (χ4v) is 4.09. The number of imide groups is 1. The molecule has 1 aromatic rings. The molecule has 1 aromatic carbocycles. The Balaban J connectivity index is 1.37. The summed E-state index contributed by atoms with van der Waals surface area (Å²) in [6, 6.07) is 2.19. The molecule has 0 radical (unpaired) electrons. The summed E-state index contributed by atoms with van der Waals surface area (Å²) in [6.07, 6.45) is 1.16. The highest BCUT2D eigenvalue weighted by molar-refractivity contribution is 6.04. The molecule has 27 heavy (non-hydrogen) atoms. The summed E-state index contributed by atoms with van der Waals surface area (Å²) < 4.78 is 19.0. The highest BCUT2D eigenvalue weighted by atomic mass is 19.1. The van der Waals surface area contributed by atoms with Crippen molar-refractivity contribution in [2.45, 2.75) is 31.3 Å². The van der Waals surface area contributed by atoms with E-state index in [9.17, 15) is 18.8 Å². The fourth-order valence-electron chi connectivity index (χ4n) is 4.09. The van der Waals surface area contributed by atoms with Gasteiger partial charge in [0, 0.05) is 37.8 Å². The second-order valence-corrected chi connectivity index (χ2v) is 7.06. The average Bonchev–Trinajstić information content (AvgIpc) is 3.16. The van der Waals surface area contributed by atoms with Crippen molar-refractivity contribution in [2.75, 3.05) is 31.6 Å². The number of benzene rings is 1. The predicted octanol–water partition coefficient (Wildman–Crippen LogP) is 0.396. The highest BCUT2D eigenvalue weighted by Crippen LogP contribution is 2.38. The van der Waals surface area contributed by atoms with Crippen molar-refractivity contribution in [2.24, 2.45) is 0 Å². The van der Waals surface area contributed by atoms with Gasteiger partial charge < -0.3 is 19.9 Å². The number of ether oxygens (including phenoxy) is 1. The molecule has 3 aliphatic rings. The maximum Gasteiger partial charge on any atom is 0.322 e. The normalized spacial score (nSPS) is 23.6. The minimum atomic E-state index is -0.645. The van der Waals surface area contributed by atoms with Crippen LogP contribution in [0.1, 0.15) is 18.4 Å². The van der Waals surface area contributed by atoms with Gasteiger partial charge in [-0.15, -0.1) is 0 Å². The van der Waals surface area contributed by atoms with Crippen molar-refractivity contribution < 1.29 is 23.5 Å². The number of methoxy groups -OCH3 is 1. The van der Waals surface area contributed by atoms with Gasteiger partial charge in [0.25, 0.3) is 5.91 Å². The zero-order chi connectivity index (χ0) is 19.1. The molecular formula is C18H21FN4O4. The topological polar surface area (TPSA) is 91.0 Å². The van der Waals surface area contributed by atoms with Gasteiger partial charge in [0.15, 0.2) is 11.6 Å². The number of halogens is 1. The Kier molecular flexibility index (Phi) is 4.37. The van der Waals surface area contributed by atoms with Crippen LogP contribution in [0.15, 0.2) is 12.1 Å². The summed E-state index contributed by atoms with van der Waals surface area (Å²) in [5.41, 5.74) is 1.90. The van der Waals surface area contributed by atoms with Gasteiger partial charge in [0.1, 0.15) is 6.04 Å². The molecule has 4 amide bonds. The van der Waals surface area contributed by atoms with Gasteiger partial charge in [-0.25, -0.2) is 9.18 Å². The molecule has 9 heteroatoms. The molecule has 2 saturated heterocycles. The Morgan fingerprint density at radius 1 is 1.33 bits per heavy atom. The molecule has 2 unspecified atom stereocenters. The monoisotopic (exact) mass is 376 g/mol. The maximum absolute atomic E-state index is 14.0. The Hall–Kier alpha value is -2.84. The predicted molar refractivity (Wildman–Crippen MR) is 94.1 cm³/mol. The molecule has 4 rings (SSSR count). The number of fused-ring (bicyclic) bond motifs is 3. The van der Waals surface area contributed by atoms with Crippen LogP contribution in [0.4, 0.5) is 14.9 Å². The number of nitrogens with one attached hydrogen (secondary N) is 2. The van der Waals surface area contributed by atoms with Crippen LogP contribution in [0.25, 0.3) is 0 Å². The van der Waals surface area contributed by atoms with Crippen LogP contribution in [0.5, 0.6) is 5.75 Å². The molecule has 0 aromatic heterocycles. The van der Waals surface area contributed by atoms with Gasteiger partial charge in [-0.2, -0.15) is 0 Å².